The summed E-state index contributed by atoms with van der Waals surface area (Å²) in [6.07, 6.45) is 3.65. The lowest BCUT2D eigenvalue weighted by atomic mass is 10.2. The highest BCUT2D eigenvalue weighted by atomic mass is 35.5. The number of nitriles is 1. The zero-order valence-electron chi connectivity index (χ0n) is 8.80. The highest BCUT2D eigenvalue weighted by Crippen LogP contribution is 2.27. The van der Waals surface area contributed by atoms with Crippen LogP contribution >= 0.6 is 11.6 Å². The van der Waals surface area contributed by atoms with Crippen LogP contribution in [0.5, 0.6) is 0 Å². The Bertz CT molecular complexity index is 447. The minimum absolute atomic E-state index is 0.187. The molecular formula is C10H11ClN4S. The van der Waals surface area contributed by atoms with E-state index in [1.54, 1.807) is 12.3 Å². The average Bonchev–Trinajstić information content (AvgIpc) is 3.10. The van der Waals surface area contributed by atoms with Crippen LogP contribution in [0.15, 0.2) is 22.7 Å². The number of hydrogen-bond donors (Lipinski definition) is 0. The second-order valence-electron chi connectivity index (χ2n) is 3.47. The summed E-state index contributed by atoms with van der Waals surface area (Å²) in [7, 11) is -0.353. The predicted octanol–water partition coefficient (Wildman–Crippen LogP) is 2.31. The Kier molecular flexibility index (Phi) is 3.54. The molecule has 0 radical (unpaired) electrons. The quantitative estimate of drug-likeness (QED) is 0.473. The molecule has 2 atom stereocenters. The molecule has 2 rings (SSSR count). The van der Waals surface area contributed by atoms with Gasteiger partial charge in [-0.05, 0) is 29.4 Å². The molecule has 84 valence electrons. The highest BCUT2D eigenvalue weighted by Gasteiger charge is 2.27. The first-order valence-corrected chi connectivity index (χ1v) is 6.50. The minimum atomic E-state index is -0.353. The van der Waals surface area contributed by atoms with Crippen LogP contribution in [-0.4, -0.2) is 22.4 Å². The fourth-order valence-electron chi connectivity index (χ4n) is 1.38. The minimum Gasteiger partial charge on any atom is -0.244 e. The van der Waals surface area contributed by atoms with Gasteiger partial charge >= 0.3 is 0 Å². The van der Waals surface area contributed by atoms with Crippen LogP contribution in [0.2, 0.25) is 5.15 Å². The summed E-state index contributed by atoms with van der Waals surface area (Å²) in [6, 6.07) is 3.71. The van der Waals surface area contributed by atoms with Crippen molar-refractivity contribution in [2.45, 2.75) is 12.2 Å². The second-order valence-corrected chi connectivity index (χ2v) is 5.85. The van der Waals surface area contributed by atoms with Gasteiger partial charge in [-0.25, -0.2) is 9.29 Å². The SMILES string of the molecule is CC(c1ccc(Cl)nc1)S(=NC#N)N1CC1. The number of nitrogens with zero attached hydrogens (tertiary/aromatic N) is 4. The van der Waals surface area contributed by atoms with Crippen molar-refractivity contribution in [3.8, 4) is 6.19 Å². The van der Waals surface area contributed by atoms with Crippen LogP contribution in [-0.2, 0) is 10.9 Å². The maximum absolute atomic E-state index is 8.68. The number of aromatic nitrogens is 1. The van der Waals surface area contributed by atoms with Gasteiger partial charge in [-0.3, -0.25) is 0 Å². The summed E-state index contributed by atoms with van der Waals surface area (Å²) in [4.78, 5) is 4.05. The molecule has 1 saturated heterocycles. The largest absolute Gasteiger partial charge is 0.244 e. The van der Waals surface area contributed by atoms with E-state index >= 15 is 0 Å². The summed E-state index contributed by atoms with van der Waals surface area (Å²) < 4.78 is 6.17. The third-order valence-electron chi connectivity index (χ3n) is 2.34. The second kappa shape index (κ2) is 4.91. The lowest BCUT2D eigenvalue weighted by molar-refractivity contribution is 0.898. The summed E-state index contributed by atoms with van der Waals surface area (Å²) >= 11 is 5.74. The zero-order chi connectivity index (χ0) is 11.5. The Morgan fingerprint density at radius 3 is 2.88 bits per heavy atom. The monoisotopic (exact) mass is 254 g/mol. The van der Waals surface area contributed by atoms with Crippen molar-refractivity contribution in [1.29, 1.82) is 5.26 Å². The van der Waals surface area contributed by atoms with Crippen molar-refractivity contribution in [3.05, 3.63) is 29.0 Å². The Labute approximate surface area is 102 Å². The highest BCUT2D eigenvalue weighted by molar-refractivity contribution is 7.85. The van der Waals surface area contributed by atoms with Crippen LogP contribution < -0.4 is 0 Å². The molecule has 2 unspecified atom stereocenters. The lowest BCUT2D eigenvalue weighted by Gasteiger charge is -2.15. The molecule has 2 heterocycles. The van der Waals surface area contributed by atoms with Gasteiger partial charge in [-0.15, -0.1) is 4.36 Å². The molecule has 6 heteroatoms. The molecule has 1 aromatic rings. The normalized spacial score (nSPS) is 19.1. The molecular weight excluding hydrogens is 244 g/mol. The molecule has 1 aliphatic rings. The fraction of sp³-hybridized carbons (Fsp3) is 0.400. The topological polar surface area (TPSA) is 52.0 Å². The van der Waals surface area contributed by atoms with E-state index in [0.29, 0.717) is 5.15 Å². The molecule has 0 amide bonds. The van der Waals surface area contributed by atoms with Gasteiger partial charge in [-0.1, -0.05) is 17.7 Å². The number of halogens is 1. The van der Waals surface area contributed by atoms with E-state index in [1.165, 1.54) is 0 Å². The molecule has 16 heavy (non-hydrogen) atoms. The first kappa shape index (κ1) is 11.5. The third kappa shape index (κ3) is 2.59. The van der Waals surface area contributed by atoms with Gasteiger partial charge in [0.1, 0.15) is 5.15 Å². The molecule has 1 aliphatic heterocycles. The molecule has 0 saturated carbocycles. The summed E-state index contributed by atoms with van der Waals surface area (Å²) in [6.45, 7) is 4.12. The van der Waals surface area contributed by atoms with Gasteiger partial charge < -0.3 is 0 Å². The number of rotatable bonds is 3. The van der Waals surface area contributed by atoms with E-state index in [4.69, 9.17) is 16.9 Å². The van der Waals surface area contributed by atoms with Gasteiger partial charge in [0.2, 0.25) is 6.19 Å². The van der Waals surface area contributed by atoms with E-state index in [9.17, 15) is 0 Å². The van der Waals surface area contributed by atoms with Gasteiger partial charge in [0.15, 0.2) is 0 Å². The van der Waals surface area contributed by atoms with E-state index in [2.05, 4.69) is 20.6 Å². The Hall–Kier alpha value is -0.960. The maximum atomic E-state index is 8.68. The lowest BCUT2D eigenvalue weighted by Crippen LogP contribution is -2.10. The Morgan fingerprint density at radius 1 is 1.62 bits per heavy atom. The average molecular weight is 255 g/mol. The Balaban J connectivity index is 2.23. The van der Waals surface area contributed by atoms with Crippen molar-refractivity contribution in [1.82, 2.24) is 9.29 Å². The molecule has 0 bridgehead atoms. The van der Waals surface area contributed by atoms with E-state index in [0.717, 1.165) is 18.7 Å². The van der Waals surface area contributed by atoms with Crippen LogP contribution in [0.4, 0.5) is 0 Å². The van der Waals surface area contributed by atoms with Crippen LogP contribution in [0.25, 0.3) is 0 Å². The number of hydrogen-bond acceptors (Lipinski definition) is 3. The fourth-order valence-corrected chi connectivity index (χ4v) is 3.13. The van der Waals surface area contributed by atoms with Crippen molar-refractivity contribution in [2.75, 3.05) is 13.1 Å². The molecule has 4 nitrogen and oxygen atoms in total. The van der Waals surface area contributed by atoms with Crippen molar-refractivity contribution >= 4 is 22.5 Å². The van der Waals surface area contributed by atoms with Crippen LogP contribution in [0.3, 0.4) is 0 Å². The predicted molar refractivity (Wildman–Crippen MR) is 64.6 cm³/mol. The van der Waals surface area contributed by atoms with E-state index in [1.807, 2.05) is 12.3 Å². The zero-order valence-corrected chi connectivity index (χ0v) is 10.4. The first-order chi connectivity index (χ1) is 7.72. The van der Waals surface area contributed by atoms with Crippen LogP contribution in [0, 0.1) is 11.5 Å². The van der Waals surface area contributed by atoms with Crippen molar-refractivity contribution in [2.24, 2.45) is 4.36 Å². The molecule has 0 N–H and O–H groups in total. The molecule has 1 fully saturated rings. The van der Waals surface area contributed by atoms with Crippen LogP contribution in [0.1, 0.15) is 17.7 Å². The standard InChI is InChI=1S/C10H11ClN4S/c1-8(9-2-3-10(11)13-6-9)16(14-7-12)15-4-5-15/h2-3,6,8H,4-5H2,1H3. The van der Waals surface area contributed by atoms with Crippen molar-refractivity contribution < 1.29 is 0 Å². The summed E-state index contributed by atoms with van der Waals surface area (Å²) in [5, 5.41) is 9.35. The van der Waals surface area contributed by atoms with Crippen molar-refractivity contribution in [3.63, 3.8) is 0 Å². The summed E-state index contributed by atoms with van der Waals surface area (Å²) in [5.74, 6) is 0. The molecule has 0 aliphatic carbocycles. The molecule has 0 aromatic carbocycles. The smallest absolute Gasteiger partial charge is 0.213 e. The maximum Gasteiger partial charge on any atom is 0.213 e. The van der Waals surface area contributed by atoms with E-state index in [-0.39, 0.29) is 16.1 Å². The van der Waals surface area contributed by atoms with Gasteiger partial charge in [0, 0.05) is 19.3 Å². The molecule has 0 spiro atoms. The third-order valence-corrected chi connectivity index (χ3v) is 4.63. The first-order valence-electron chi connectivity index (χ1n) is 4.92. The summed E-state index contributed by atoms with van der Waals surface area (Å²) in [5.41, 5.74) is 1.07. The number of pyridine rings is 1. The van der Waals surface area contributed by atoms with E-state index < -0.39 is 0 Å². The van der Waals surface area contributed by atoms with Gasteiger partial charge in [0.25, 0.3) is 0 Å². The Morgan fingerprint density at radius 2 is 2.38 bits per heavy atom. The van der Waals surface area contributed by atoms with Gasteiger partial charge in [0.05, 0.1) is 5.25 Å². The molecule has 1 aromatic heterocycles. The van der Waals surface area contributed by atoms with Gasteiger partial charge in [-0.2, -0.15) is 5.26 Å².